The molecule has 1 aromatic rings. The minimum Gasteiger partial charge on any atom is -0.379 e. The topological polar surface area (TPSA) is 55.5 Å². The molecule has 4 rings (SSSR count). The Hall–Kier alpha value is -1.27. The molecule has 1 aromatic heterocycles. The van der Waals surface area contributed by atoms with Crippen molar-refractivity contribution in [3.05, 3.63) is 11.9 Å². The molecule has 0 unspecified atom stereocenters. The summed E-state index contributed by atoms with van der Waals surface area (Å²) in [6.07, 6.45) is 6.93. The number of rotatable bonds is 6. The van der Waals surface area contributed by atoms with E-state index in [1.54, 1.807) is 0 Å². The van der Waals surface area contributed by atoms with Gasteiger partial charge in [-0.1, -0.05) is 26.0 Å². The van der Waals surface area contributed by atoms with Gasteiger partial charge in [0.25, 0.3) is 0 Å². The van der Waals surface area contributed by atoms with Gasteiger partial charge >= 0.3 is 0 Å². The fourth-order valence-corrected chi connectivity index (χ4v) is 5.11. The molecule has 3 fully saturated rings. The molecule has 3 aliphatic rings. The van der Waals surface area contributed by atoms with Crippen molar-refractivity contribution in [2.75, 3.05) is 39.4 Å². The van der Waals surface area contributed by atoms with Gasteiger partial charge in [-0.15, -0.1) is 5.10 Å². The molecule has 2 atom stereocenters. The number of aliphatic imine (C=N–C) groups is 1. The van der Waals surface area contributed by atoms with Crippen molar-refractivity contribution in [1.29, 1.82) is 0 Å². The van der Waals surface area contributed by atoms with Crippen LogP contribution < -0.4 is 0 Å². The van der Waals surface area contributed by atoms with Gasteiger partial charge in [0.15, 0.2) is 0 Å². The third-order valence-corrected chi connectivity index (χ3v) is 7.52. The Morgan fingerprint density at radius 3 is 2.73 bits per heavy atom. The zero-order chi connectivity index (χ0) is 18.2. The number of nitrogens with zero attached hydrogens (tertiary/aromatic N) is 5. The average molecular weight is 360 g/mol. The Bertz CT molecular complexity index is 661. The first-order valence-electron chi connectivity index (χ1n) is 10.2. The van der Waals surface area contributed by atoms with Crippen LogP contribution in [-0.2, 0) is 17.7 Å². The Labute approximate surface area is 157 Å². The fraction of sp³-hybridized carbons (Fsp3) is 0.850. The molecule has 0 spiro atoms. The summed E-state index contributed by atoms with van der Waals surface area (Å²) < 4.78 is 7.35. The van der Waals surface area contributed by atoms with Crippen molar-refractivity contribution in [2.45, 2.75) is 53.0 Å². The molecular weight excluding hydrogens is 326 g/mol. The quantitative estimate of drug-likeness (QED) is 0.783. The zero-order valence-electron chi connectivity index (χ0n) is 16.6. The largest absolute Gasteiger partial charge is 0.379 e. The van der Waals surface area contributed by atoms with Crippen molar-refractivity contribution >= 4 is 5.71 Å². The first-order chi connectivity index (χ1) is 12.5. The highest BCUT2D eigenvalue weighted by Crippen LogP contribution is 2.63. The van der Waals surface area contributed by atoms with E-state index in [4.69, 9.17) is 9.73 Å². The van der Waals surface area contributed by atoms with Crippen LogP contribution in [-0.4, -0.2) is 65.0 Å². The Morgan fingerprint density at radius 2 is 2.04 bits per heavy atom. The second-order valence-corrected chi connectivity index (χ2v) is 9.00. The van der Waals surface area contributed by atoms with Gasteiger partial charge in [0, 0.05) is 43.4 Å². The molecule has 26 heavy (non-hydrogen) atoms. The van der Waals surface area contributed by atoms with E-state index < -0.39 is 0 Å². The molecule has 0 aromatic carbocycles. The van der Waals surface area contributed by atoms with E-state index in [2.05, 4.69) is 42.2 Å². The van der Waals surface area contributed by atoms with E-state index in [1.165, 1.54) is 25.0 Å². The van der Waals surface area contributed by atoms with Crippen molar-refractivity contribution in [3.8, 4) is 0 Å². The molecule has 1 aliphatic heterocycles. The monoisotopic (exact) mass is 359 g/mol. The van der Waals surface area contributed by atoms with E-state index in [0.717, 1.165) is 64.0 Å². The van der Waals surface area contributed by atoms with Crippen LogP contribution in [0.25, 0.3) is 0 Å². The standard InChI is InChI=1S/C20H33N5O/c1-19(2)16-4-6-20(19,3)18(14-16)21-7-9-25-15-17(22-23-25)5-8-24-10-12-26-13-11-24/h15-16H,4-14H2,1-3H3/t16-,20+/m1/s1. The highest BCUT2D eigenvalue weighted by atomic mass is 16.5. The molecule has 6 heteroatoms. The molecule has 2 heterocycles. The number of hydrogen-bond donors (Lipinski definition) is 0. The van der Waals surface area contributed by atoms with Gasteiger partial charge in [0.1, 0.15) is 0 Å². The van der Waals surface area contributed by atoms with E-state index in [9.17, 15) is 0 Å². The van der Waals surface area contributed by atoms with E-state index in [0.29, 0.717) is 10.8 Å². The summed E-state index contributed by atoms with van der Waals surface area (Å²) in [5, 5.41) is 8.62. The number of fused-ring (bicyclic) bond motifs is 2. The van der Waals surface area contributed by atoms with Crippen LogP contribution in [0, 0.1) is 16.7 Å². The second kappa shape index (κ2) is 7.04. The SMILES string of the molecule is CC1(C)[C@@H]2CC[C@@]1(C)C(=NCCn1cc(CCN3CCOCC3)nn1)C2. The lowest BCUT2D eigenvalue weighted by atomic mass is 9.70. The van der Waals surface area contributed by atoms with Crippen LogP contribution in [0.1, 0.15) is 45.7 Å². The lowest BCUT2D eigenvalue weighted by Gasteiger charge is -2.34. The first-order valence-corrected chi connectivity index (χ1v) is 10.2. The van der Waals surface area contributed by atoms with Crippen molar-refractivity contribution in [1.82, 2.24) is 19.9 Å². The maximum absolute atomic E-state index is 5.39. The van der Waals surface area contributed by atoms with Gasteiger partial charge < -0.3 is 4.74 Å². The minimum atomic E-state index is 0.309. The summed E-state index contributed by atoms with van der Waals surface area (Å²) in [7, 11) is 0. The van der Waals surface area contributed by atoms with Crippen molar-refractivity contribution in [3.63, 3.8) is 0 Å². The van der Waals surface area contributed by atoms with Gasteiger partial charge in [-0.25, -0.2) is 0 Å². The van der Waals surface area contributed by atoms with Gasteiger partial charge in [0.05, 0.1) is 32.0 Å². The molecular formula is C20H33N5O. The van der Waals surface area contributed by atoms with Gasteiger partial charge in [-0.05, 0) is 30.6 Å². The van der Waals surface area contributed by atoms with Crippen LogP contribution in [0.4, 0.5) is 0 Å². The highest BCUT2D eigenvalue weighted by molar-refractivity contribution is 5.94. The fourth-order valence-electron chi connectivity index (χ4n) is 5.11. The van der Waals surface area contributed by atoms with E-state index in [-0.39, 0.29) is 0 Å². The maximum atomic E-state index is 5.39. The molecule has 2 saturated carbocycles. The van der Waals surface area contributed by atoms with E-state index in [1.807, 2.05) is 4.68 Å². The number of aromatic nitrogens is 3. The summed E-state index contributed by atoms with van der Waals surface area (Å²) in [4.78, 5) is 7.44. The Balaban J connectivity index is 1.27. The van der Waals surface area contributed by atoms with Crippen LogP contribution in [0.5, 0.6) is 0 Å². The second-order valence-electron chi connectivity index (χ2n) is 9.00. The molecule has 2 aliphatic carbocycles. The number of ether oxygens (including phenoxy) is 1. The maximum Gasteiger partial charge on any atom is 0.0839 e. The lowest BCUT2D eigenvalue weighted by Crippen LogP contribution is -2.37. The Morgan fingerprint density at radius 1 is 1.23 bits per heavy atom. The predicted molar refractivity (Wildman–Crippen MR) is 103 cm³/mol. The van der Waals surface area contributed by atoms with Gasteiger partial charge in [0.2, 0.25) is 0 Å². The molecule has 6 nitrogen and oxygen atoms in total. The van der Waals surface area contributed by atoms with E-state index >= 15 is 0 Å². The first kappa shape index (κ1) is 18.1. The number of hydrogen-bond acceptors (Lipinski definition) is 5. The molecule has 144 valence electrons. The van der Waals surface area contributed by atoms with Gasteiger partial charge in [-0.2, -0.15) is 0 Å². The number of morpholine rings is 1. The molecule has 1 saturated heterocycles. The van der Waals surface area contributed by atoms with Crippen LogP contribution in [0.2, 0.25) is 0 Å². The molecule has 0 radical (unpaired) electrons. The summed E-state index contributed by atoms with van der Waals surface area (Å²) in [6.45, 7) is 13.7. The normalized spacial score (nSPS) is 32.6. The summed E-state index contributed by atoms with van der Waals surface area (Å²) in [5.74, 6) is 0.824. The van der Waals surface area contributed by atoms with Gasteiger partial charge in [-0.3, -0.25) is 14.6 Å². The van der Waals surface area contributed by atoms with Crippen molar-refractivity contribution in [2.24, 2.45) is 21.7 Å². The summed E-state index contributed by atoms with van der Waals surface area (Å²) in [6, 6.07) is 0. The zero-order valence-corrected chi connectivity index (χ0v) is 16.6. The molecule has 2 bridgehead atoms. The predicted octanol–water partition coefficient (Wildman–Crippen LogP) is 2.44. The average Bonchev–Trinajstić information content (AvgIpc) is 3.23. The molecule has 0 N–H and O–H groups in total. The summed E-state index contributed by atoms with van der Waals surface area (Å²) in [5.41, 5.74) is 3.25. The van der Waals surface area contributed by atoms with Crippen molar-refractivity contribution < 1.29 is 4.74 Å². The summed E-state index contributed by atoms with van der Waals surface area (Å²) >= 11 is 0. The van der Waals surface area contributed by atoms with Crippen LogP contribution >= 0.6 is 0 Å². The lowest BCUT2D eigenvalue weighted by molar-refractivity contribution is 0.0383. The Kier molecular flexibility index (Phi) is 4.90. The smallest absolute Gasteiger partial charge is 0.0839 e. The highest BCUT2D eigenvalue weighted by Gasteiger charge is 2.59. The third kappa shape index (κ3) is 3.22. The minimum absolute atomic E-state index is 0.309. The molecule has 0 amide bonds. The van der Waals surface area contributed by atoms with Crippen LogP contribution in [0.15, 0.2) is 11.2 Å². The third-order valence-electron chi connectivity index (χ3n) is 7.52. The van der Waals surface area contributed by atoms with Crippen LogP contribution in [0.3, 0.4) is 0 Å².